The molecule has 0 radical (unpaired) electrons. The average molecular weight is 431 g/mol. The first kappa shape index (κ1) is 20.8. The van der Waals surface area contributed by atoms with Gasteiger partial charge in [0.15, 0.2) is 0 Å². The second-order valence-electron chi connectivity index (χ2n) is 5.92. The van der Waals surface area contributed by atoms with Crippen molar-refractivity contribution in [2.75, 3.05) is 19.8 Å². The number of likely N-dealkylation sites (N-methyl/N-ethyl adjacent to an activating group) is 1. The molecule has 0 saturated carbocycles. The second kappa shape index (κ2) is 9.53. The number of rotatable bonds is 8. The summed E-state index contributed by atoms with van der Waals surface area (Å²) in [6, 6.07) is 13.6. The molecule has 1 aliphatic rings. The minimum Gasteiger partial charge on any atom is -0.490 e. The van der Waals surface area contributed by atoms with Gasteiger partial charge >= 0.3 is 0 Å². The lowest BCUT2D eigenvalue weighted by Crippen LogP contribution is -2.27. The molecule has 0 atom stereocenters. The lowest BCUT2D eigenvalue weighted by Gasteiger charge is -2.11. The van der Waals surface area contributed by atoms with Gasteiger partial charge in [0.25, 0.3) is 11.6 Å². The fraction of sp³-hybridized carbons (Fsp3) is 0.200. The van der Waals surface area contributed by atoms with Crippen LogP contribution in [0.1, 0.15) is 12.5 Å². The van der Waals surface area contributed by atoms with Gasteiger partial charge in [0.2, 0.25) is 0 Å². The molecule has 0 bridgehead atoms. The van der Waals surface area contributed by atoms with E-state index in [4.69, 9.17) is 21.7 Å². The molecule has 9 heteroatoms. The third kappa shape index (κ3) is 5.12. The Morgan fingerprint density at radius 2 is 1.90 bits per heavy atom. The Hall–Kier alpha value is -2.91. The Bertz CT molecular complexity index is 963. The van der Waals surface area contributed by atoms with E-state index in [1.807, 2.05) is 37.3 Å². The number of thiocarbonyl (C=S) groups is 1. The standard InChI is InChI=1S/C20H18N2O5S2/c1-2-21-19(23)18(29-20(21)28)13-14-12-15(22(24)25)8-9-17(14)27-11-10-26-16-6-4-3-5-7-16/h3-9,12-13H,2,10-11H2,1H3/b18-13+. The van der Waals surface area contributed by atoms with Crippen molar-refractivity contribution >= 4 is 46.0 Å². The number of hydrogen-bond donors (Lipinski definition) is 0. The van der Waals surface area contributed by atoms with Gasteiger partial charge in [-0.3, -0.25) is 19.8 Å². The maximum atomic E-state index is 12.5. The summed E-state index contributed by atoms with van der Waals surface area (Å²) in [5, 5.41) is 11.2. The van der Waals surface area contributed by atoms with Gasteiger partial charge in [0, 0.05) is 24.2 Å². The van der Waals surface area contributed by atoms with E-state index >= 15 is 0 Å². The number of amides is 1. The summed E-state index contributed by atoms with van der Waals surface area (Å²) >= 11 is 6.38. The van der Waals surface area contributed by atoms with Gasteiger partial charge < -0.3 is 9.47 Å². The fourth-order valence-corrected chi connectivity index (χ4v) is 4.01. The monoisotopic (exact) mass is 430 g/mol. The third-order valence-electron chi connectivity index (χ3n) is 4.03. The van der Waals surface area contributed by atoms with Gasteiger partial charge in [-0.05, 0) is 31.2 Å². The number of benzene rings is 2. The largest absolute Gasteiger partial charge is 0.490 e. The smallest absolute Gasteiger partial charge is 0.270 e. The summed E-state index contributed by atoms with van der Waals surface area (Å²) in [5.41, 5.74) is 0.352. The van der Waals surface area contributed by atoms with Crippen LogP contribution in [0.2, 0.25) is 0 Å². The van der Waals surface area contributed by atoms with Gasteiger partial charge in [0.1, 0.15) is 29.0 Å². The maximum absolute atomic E-state index is 12.5. The van der Waals surface area contributed by atoms with Gasteiger partial charge in [-0.15, -0.1) is 0 Å². The molecule has 1 aliphatic heterocycles. The first-order valence-corrected chi connectivity index (χ1v) is 10.1. The minimum absolute atomic E-state index is 0.0879. The number of nitrogens with zero attached hydrogens (tertiary/aromatic N) is 2. The Labute approximate surface area is 177 Å². The zero-order valence-corrected chi connectivity index (χ0v) is 17.2. The molecule has 1 heterocycles. The molecule has 0 aromatic heterocycles. The van der Waals surface area contributed by atoms with Crippen molar-refractivity contribution in [3.05, 3.63) is 69.1 Å². The summed E-state index contributed by atoms with van der Waals surface area (Å²) in [7, 11) is 0. The Morgan fingerprint density at radius 1 is 1.17 bits per heavy atom. The van der Waals surface area contributed by atoms with Crippen molar-refractivity contribution in [1.29, 1.82) is 0 Å². The first-order chi connectivity index (χ1) is 14.0. The molecular formula is C20H18N2O5S2. The van der Waals surface area contributed by atoms with E-state index in [0.717, 1.165) is 5.75 Å². The number of nitro groups is 1. The van der Waals surface area contributed by atoms with Crippen molar-refractivity contribution < 1.29 is 19.2 Å². The number of ether oxygens (including phenoxy) is 2. The molecule has 1 fully saturated rings. The van der Waals surface area contributed by atoms with Gasteiger partial charge in [-0.2, -0.15) is 0 Å². The van der Waals surface area contributed by atoms with Crippen molar-refractivity contribution in [2.24, 2.45) is 0 Å². The molecule has 2 aromatic carbocycles. The molecule has 150 valence electrons. The fourth-order valence-electron chi connectivity index (χ4n) is 2.64. The van der Waals surface area contributed by atoms with Crippen LogP contribution in [0, 0.1) is 10.1 Å². The number of non-ortho nitro benzene ring substituents is 1. The number of thioether (sulfide) groups is 1. The topological polar surface area (TPSA) is 81.9 Å². The molecule has 3 rings (SSSR count). The Balaban J connectivity index is 1.77. The van der Waals surface area contributed by atoms with Crippen LogP contribution in [0.5, 0.6) is 11.5 Å². The van der Waals surface area contributed by atoms with Crippen LogP contribution in [0.25, 0.3) is 6.08 Å². The second-order valence-corrected chi connectivity index (χ2v) is 7.59. The van der Waals surface area contributed by atoms with Crippen LogP contribution in [0.3, 0.4) is 0 Å². The number of carbonyl (C=O) groups is 1. The molecule has 1 saturated heterocycles. The van der Waals surface area contributed by atoms with Crippen LogP contribution in [0.15, 0.2) is 53.4 Å². The molecule has 2 aromatic rings. The molecule has 0 unspecified atom stereocenters. The van der Waals surface area contributed by atoms with Gasteiger partial charge in [0.05, 0.1) is 9.83 Å². The minimum atomic E-state index is -0.489. The van der Waals surface area contributed by atoms with E-state index in [0.29, 0.717) is 33.7 Å². The average Bonchev–Trinajstić information content (AvgIpc) is 2.99. The highest BCUT2D eigenvalue weighted by Gasteiger charge is 2.31. The van der Waals surface area contributed by atoms with Crippen LogP contribution in [-0.2, 0) is 4.79 Å². The summed E-state index contributed by atoms with van der Waals surface area (Å²) in [5.74, 6) is 0.935. The van der Waals surface area contributed by atoms with E-state index < -0.39 is 4.92 Å². The van der Waals surface area contributed by atoms with Gasteiger partial charge in [-0.1, -0.05) is 42.2 Å². The summed E-state index contributed by atoms with van der Waals surface area (Å²) in [4.78, 5) is 25.0. The lowest BCUT2D eigenvalue weighted by atomic mass is 10.1. The number of para-hydroxylation sites is 1. The van der Waals surface area contributed by atoms with Crippen LogP contribution in [0.4, 0.5) is 5.69 Å². The number of nitro benzene ring substituents is 1. The van der Waals surface area contributed by atoms with Crippen LogP contribution in [-0.4, -0.2) is 39.8 Å². The number of carbonyl (C=O) groups excluding carboxylic acids is 1. The van der Waals surface area contributed by atoms with Crippen LogP contribution < -0.4 is 9.47 Å². The number of hydrogen-bond acceptors (Lipinski definition) is 7. The normalized spacial score (nSPS) is 15.1. The summed E-state index contributed by atoms with van der Waals surface area (Å²) in [6.07, 6.45) is 1.58. The van der Waals surface area contributed by atoms with Crippen molar-refractivity contribution in [3.63, 3.8) is 0 Å². The highest BCUT2D eigenvalue weighted by molar-refractivity contribution is 8.26. The highest BCUT2D eigenvalue weighted by Crippen LogP contribution is 2.35. The molecular weight excluding hydrogens is 412 g/mol. The molecule has 7 nitrogen and oxygen atoms in total. The lowest BCUT2D eigenvalue weighted by molar-refractivity contribution is -0.384. The summed E-state index contributed by atoms with van der Waals surface area (Å²) in [6.45, 7) is 2.85. The zero-order valence-electron chi connectivity index (χ0n) is 15.6. The molecule has 1 amide bonds. The predicted molar refractivity (Wildman–Crippen MR) is 116 cm³/mol. The molecule has 29 heavy (non-hydrogen) atoms. The molecule has 0 N–H and O–H groups in total. The first-order valence-electron chi connectivity index (χ1n) is 8.84. The SMILES string of the molecule is CCN1C(=O)/C(=C\c2cc([N+](=O)[O-])ccc2OCCOc2ccccc2)SC1=S. The molecule has 0 spiro atoms. The summed E-state index contributed by atoms with van der Waals surface area (Å²) < 4.78 is 11.8. The van der Waals surface area contributed by atoms with Crippen molar-refractivity contribution in [3.8, 4) is 11.5 Å². The van der Waals surface area contributed by atoms with E-state index in [1.54, 1.807) is 6.08 Å². The third-order valence-corrected chi connectivity index (χ3v) is 5.41. The van der Waals surface area contributed by atoms with E-state index in [9.17, 15) is 14.9 Å². The van der Waals surface area contributed by atoms with Crippen molar-refractivity contribution in [2.45, 2.75) is 6.92 Å². The van der Waals surface area contributed by atoms with E-state index in [-0.39, 0.29) is 18.2 Å². The Morgan fingerprint density at radius 3 is 2.55 bits per heavy atom. The molecule has 0 aliphatic carbocycles. The van der Waals surface area contributed by atoms with Crippen molar-refractivity contribution in [1.82, 2.24) is 4.90 Å². The Kier molecular flexibility index (Phi) is 6.84. The zero-order chi connectivity index (χ0) is 20.8. The maximum Gasteiger partial charge on any atom is 0.270 e. The van der Waals surface area contributed by atoms with E-state index in [2.05, 4.69) is 0 Å². The van der Waals surface area contributed by atoms with Crippen LogP contribution >= 0.6 is 24.0 Å². The highest BCUT2D eigenvalue weighted by atomic mass is 32.2. The quantitative estimate of drug-likeness (QED) is 0.203. The van der Waals surface area contributed by atoms with E-state index in [1.165, 1.54) is 34.9 Å². The predicted octanol–water partition coefficient (Wildman–Crippen LogP) is 4.27. The van der Waals surface area contributed by atoms with Gasteiger partial charge in [-0.25, -0.2) is 0 Å².